The summed E-state index contributed by atoms with van der Waals surface area (Å²) in [5.74, 6) is -1.34. The van der Waals surface area contributed by atoms with E-state index in [-0.39, 0.29) is 18.9 Å². The summed E-state index contributed by atoms with van der Waals surface area (Å²) in [5.41, 5.74) is 3.35. The first-order chi connectivity index (χ1) is 17.3. The molecule has 0 saturated heterocycles. The van der Waals surface area contributed by atoms with Gasteiger partial charge in [0.25, 0.3) is 0 Å². The highest BCUT2D eigenvalue weighted by Gasteiger charge is 2.25. The SMILES string of the molecule is CCCc1nc(COC(C)=O)c(C(=O)OCC)n1Cc1ccc(-c2ccccc2C(=O)C(C)=O)cc1. The van der Waals surface area contributed by atoms with Crippen molar-refractivity contribution in [2.75, 3.05) is 6.61 Å². The zero-order valence-electron chi connectivity index (χ0n) is 21.0. The van der Waals surface area contributed by atoms with Gasteiger partial charge in [0.15, 0.2) is 11.5 Å². The van der Waals surface area contributed by atoms with E-state index in [9.17, 15) is 19.2 Å². The van der Waals surface area contributed by atoms with Crippen LogP contribution in [-0.4, -0.2) is 39.7 Å². The summed E-state index contributed by atoms with van der Waals surface area (Å²) in [5, 5.41) is 0. The first kappa shape index (κ1) is 26.5. The molecule has 0 unspecified atom stereocenters. The van der Waals surface area contributed by atoms with Gasteiger partial charge in [-0.3, -0.25) is 14.4 Å². The second-order valence-electron chi connectivity index (χ2n) is 8.29. The van der Waals surface area contributed by atoms with E-state index in [1.165, 1.54) is 13.8 Å². The molecule has 3 rings (SSSR count). The number of hydrogen-bond donors (Lipinski definition) is 0. The van der Waals surface area contributed by atoms with Crippen LogP contribution in [0.1, 0.15) is 72.0 Å². The van der Waals surface area contributed by atoms with Crippen molar-refractivity contribution in [2.45, 2.75) is 53.7 Å². The van der Waals surface area contributed by atoms with Crippen molar-refractivity contribution in [3.05, 3.63) is 76.9 Å². The van der Waals surface area contributed by atoms with Crippen LogP contribution in [0, 0.1) is 0 Å². The van der Waals surface area contributed by atoms with Crippen LogP contribution in [0.15, 0.2) is 48.5 Å². The van der Waals surface area contributed by atoms with Crippen molar-refractivity contribution in [3.63, 3.8) is 0 Å². The van der Waals surface area contributed by atoms with Gasteiger partial charge in [0.1, 0.15) is 18.1 Å². The zero-order chi connectivity index (χ0) is 26.2. The molecule has 0 fully saturated rings. The Hall–Kier alpha value is -4.07. The number of carbonyl (C=O) groups is 4. The Morgan fingerprint density at radius 1 is 0.917 bits per heavy atom. The number of aryl methyl sites for hydroxylation is 1. The maximum Gasteiger partial charge on any atom is 0.357 e. The molecule has 0 bridgehead atoms. The summed E-state index contributed by atoms with van der Waals surface area (Å²) in [6, 6.07) is 14.6. The number of ether oxygens (including phenoxy) is 2. The van der Waals surface area contributed by atoms with Crippen LogP contribution >= 0.6 is 0 Å². The van der Waals surface area contributed by atoms with E-state index in [1.807, 2.05) is 41.8 Å². The molecule has 0 amide bonds. The quantitative estimate of drug-likeness (QED) is 0.220. The second kappa shape index (κ2) is 12.1. The fourth-order valence-corrected chi connectivity index (χ4v) is 3.93. The molecule has 0 atom stereocenters. The van der Waals surface area contributed by atoms with Gasteiger partial charge in [-0.25, -0.2) is 9.78 Å². The summed E-state index contributed by atoms with van der Waals surface area (Å²) in [6.45, 7) is 6.75. The molecule has 1 heterocycles. The fraction of sp³-hybridized carbons (Fsp3) is 0.321. The van der Waals surface area contributed by atoms with Gasteiger partial charge < -0.3 is 14.0 Å². The molecule has 8 heteroatoms. The van der Waals surface area contributed by atoms with Gasteiger partial charge in [-0.15, -0.1) is 0 Å². The van der Waals surface area contributed by atoms with Crippen molar-refractivity contribution in [2.24, 2.45) is 0 Å². The fourth-order valence-electron chi connectivity index (χ4n) is 3.93. The Kier molecular flexibility index (Phi) is 8.89. The number of aromatic nitrogens is 2. The molecule has 0 N–H and O–H groups in total. The lowest BCUT2D eigenvalue weighted by Gasteiger charge is -2.13. The number of hydrogen-bond acceptors (Lipinski definition) is 7. The molecule has 36 heavy (non-hydrogen) atoms. The number of ketones is 2. The first-order valence-corrected chi connectivity index (χ1v) is 11.9. The Morgan fingerprint density at radius 3 is 2.22 bits per heavy atom. The average Bonchev–Trinajstić information content (AvgIpc) is 3.20. The third-order valence-electron chi connectivity index (χ3n) is 5.57. The van der Waals surface area contributed by atoms with Gasteiger partial charge in [-0.2, -0.15) is 0 Å². The maximum atomic E-state index is 12.9. The van der Waals surface area contributed by atoms with E-state index in [0.717, 1.165) is 17.5 Å². The molecule has 0 aliphatic rings. The normalized spacial score (nSPS) is 10.7. The summed E-state index contributed by atoms with van der Waals surface area (Å²) in [7, 11) is 0. The number of imidazole rings is 1. The Balaban J connectivity index is 1.99. The van der Waals surface area contributed by atoms with Crippen molar-refractivity contribution >= 4 is 23.5 Å². The van der Waals surface area contributed by atoms with Crippen molar-refractivity contribution in [1.82, 2.24) is 9.55 Å². The minimum absolute atomic E-state index is 0.118. The standard InChI is InChI=1S/C28H30N2O6/c1-5-9-25-29-24(17-36-19(4)32)26(28(34)35-6-2)30(25)16-20-12-14-21(15-13-20)22-10-7-8-11-23(22)27(33)18(3)31/h7-8,10-15H,5-6,9,16-17H2,1-4H3. The molecule has 0 radical (unpaired) electrons. The lowest BCUT2D eigenvalue weighted by Crippen LogP contribution is -2.17. The highest BCUT2D eigenvalue weighted by molar-refractivity contribution is 6.44. The third kappa shape index (κ3) is 6.13. The molecule has 0 aliphatic heterocycles. The third-order valence-corrected chi connectivity index (χ3v) is 5.57. The van der Waals surface area contributed by atoms with E-state index in [2.05, 4.69) is 4.98 Å². The van der Waals surface area contributed by atoms with Gasteiger partial charge in [-0.1, -0.05) is 55.5 Å². The molecule has 0 aliphatic carbocycles. The molecular formula is C28H30N2O6. The topological polar surface area (TPSA) is 105 Å². The molecule has 0 spiro atoms. The summed E-state index contributed by atoms with van der Waals surface area (Å²) in [6.07, 6.45) is 1.44. The number of esters is 2. The van der Waals surface area contributed by atoms with Crippen LogP contribution in [0.25, 0.3) is 11.1 Å². The van der Waals surface area contributed by atoms with E-state index in [4.69, 9.17) is 9.47 Å². The van der Waals surface area contributed by atoms with Crippen LogP contribution in [-0.2, 0) is 38.6 Å². The average molecular weight is 491 g/mol. The largest absolute Gasteiger partial charge is 0.461 e. The van der Waals surface area contributed by atoms with Gasteiger partial charge >= 0.3 is 11.9 Å². The molecule has 188 valence electrons. The highest BCUT2D eigenvalue weighted by atomic mass is 16.5. The molecule has 2 aromatic carbocycles. The van der Waals surface area contributed by atoms with Crippen LogP contribution in [0.2, 0.25) is 0 Å². The smallest absolute Gasteiger partial charge is 0.357 e. The molecule has 0 saturated carbocycles. The van der Waals surface area contributed by atoms with E-state index < -0.39 is 23.5 Å². The summed E-state index contributed by atoms with van der Waals surface area (Å²) < 4.78 is 12.2. The minimum atomic E-state index is -0.531. The van der Waals surface area contributed by atoms with Crippen LogP contribution in [0.3, 0.4) is 0 Å². The van der Waals surface area contributed by atoms with E-state index in [0.29, 0.717) is 35.6 Å². The Bertz CT molecular complexity index is 1270. The predicted octanol–water partition coefficient (Wildman–Crippen LogP) is 4.56. The number of carbonyl (C=O) groups excluding carboxylic acids is 4. The molecule has 8 nitrogen and oxygen atoms in total. The van der Waals surface area contributed by atoms with Gasteiger partial charge in [0, 0.05) is 32.4 Å². The van der Waals surface area contributed by atoms with Crippen molar-refractivity contribution in [1.29, 1.82) is 0 Å². The van der Waals surface area contributed by atoms with Crippen LogP contribution in [0.4, 0.5) is 0 Å². The van der Waals surface area contributed by atoms with E-state index >= 15 is 0 Å². The van der Waals surface area contributed by atoms with Crippen molar-refractivity contribution < 1.29 is 28.7 Å². The Morgan fingerprint density at radius 2 is 1.61 bits per heavy atom. The van der Waals surface area contributed by atoms with Gasteiger partial charge in [0.05, 0.1) is 6.61 Å². The van der Waals surface area contributed by atoms with Gasteiger partial charge in [0.2, 0.25) is 5.78 Å². The van der Waals surface area contributed by atoms with Gasteiger partial charge in [-0.05, 0) is 30.0 Å². The molecule has 3 aromatic rings. The second-order valence-corrected chi connectivity index (χ2v) is 8.29. The number of benzene rings is 2. The molecule has 1 aromatic heterocycles. The lowest BCUT2D eigenvalue weighted by molar-refractivity contribution is -0.142. The predicted molar refractivity (Wildman–Crippen MR) is 134 cm³/mol. The zero-order valence-corrected chi connectivity index (χ0v) is 21.0. The highest BCUT2D eigenvalue weighted by Crippen LogP contribution is 2.26. The minimum Gasteiger partial charge on any atom is -0.461 e. The number of Topliss-reactive ketones (excluding diaryl/α,β-unsaturated/α-hetero) is 2. The number of nitrogens with zero attached hydrogens (tertiary/aromatic N) is 2. The number of rotatable bonds is 11. The van der Waals surface area contributed by atoms with Crippen LogP contribution in [0.5, 0.6) is 0 Å². The van der Waals surface area contributed by atoms with E-state index in [1.54, 1.807) is 25.1 Å². The maximum absolute atomic E-state index is 12.9. The van der Waals surface area contributed by atoms with Crippen LogP contribution < -0.4 is 0 Å². The molecular weight excluding hydrogens is 460 g/mol. The Labute approximate surface area is 210 Å². The summed E-state index contributed by atoms with van der Waals surface area (Å²) >= 11 is 0. The lowest BCUT2D eigenvalue weighted by atomic mass is 9.95. The van der Waals surface area contributed by atoms with Crippen molar-refractivity contribution in [3.8, 4) is 11.1 Å². The summed E-state index contributed by atoms with van der Waals surface area (Å²) in [4.78, 5) is 52.9. The monoisotopic (exact) mass is 490 g/mol. The first-order valence-electron chi connectivity index (χ1n) is 11.9.